The van der Waals surface area contributed by atoms with E-state index in [9.17, 15) is 0 Å². The van der Waals surface area contributed by atoms with Gasteiger partial charge in [-0.2, -0.15) is 4.37 Å². The van der Waals surface area contributed by atoms with Gasteiger partial charge in [0.25, 0.3) is 5.88 Å². The van der Waals surface area contributed by atoms with Crippen molar-refractivity contribution in [3.63, 3.8) is 0 Å². The molecule has 118 valence electrons. The van der Waals surface area contributed by atoms with Gasteiger partial charge in [0.15, 0.2) is 0 Å². The van der Waals surface area contributed by atoms with E-state index < -0.39 is 0 Å². The van der Waals surface area contributed by atoms with Crippen molar-refractivity contribution in [3.8, 4) is 5.88 Å². The molecule has 0 spiro atoms. The third-order valence-corrected chi connectivity index (χ3v) is 4.88. The first-order valence-electron chi connectivity index (χ1n) is 7.43. The maximum absolute atomic E-state index is 5.88. The average Bonchev–Trinajstić information content (AvgIpc) is 3.03. The van der Waals surface area contributed by atoms with Crippen molar-refractivity contribution >= 4 is 33.5 Å². The predicted molar refractivity (Wildman–Crippen MR) is 92.7 cm³/mol. The molecule has 22 heavy (non-hydrogen) atoms. The van der Waals surface area contributed by atoms with Gasteiger partial charge in [-0.15, -0.1) is 4.37 Å². The first-order valence-corrected chi connectivity index (χ1v) is 8.95. The van der Waals surface area contributed by atoms with E-state index in [0.29, 0.717) is 12.5 Å². The summed E-state index contributed by atoms with van der Waals surface area (Å²) in [5.74, 6) is 1.54. The van der Waals surface area contributed by atoms with Crippen molar-refractivity contribution in [1.82, 2.24) is 13.6 Å². The lowest BCUT2D eigenvalue weighted by molar-refractivity contribution is 0.266. The van der Waals surface area contributed by atoms with Crippen molar-refractivity contribution in [2.75, 3.05) is 37.6 Å². The van der Waals surface area contributed by atoms with Crippen LogP contribution in [0.2, 0.25) is 0 Å². The molecule has 0 amide bonds. The second-order valence-corrected chi connectivity index (χ2v) is 6.67. The molecule has 0 N–H and O–H groups in total. The van der Waals surface area contributed by atoms with Crippen LogP contribution >= 0.6 is 27.7 Å². The first-order chi connectivity index (χ1) is 10.8. The fourth-order valence-electron chi connectivity index (χ4n) is 2.47. The Morgan fingerprint density at radius 3 is 2.55 bits per heavy atom. The van der Waals surface area contributed by atoms with Gasteiger partial charge in [0, 0.05) is 30.7 Å². The summed E-state index contributed by atoms with van der Waals surface area (Å²) in [6.45, 7) is 7.92. The lowest BCUT2D eigenvalue weighted by atomic mass is 10.2. The number of likely N-dealkylation sites (N-methyl/N-ethyl adjacent to an activating group) is 1. The van der Waals surface area contributed by atoms with E-state index in [0.717, 1.165) is 48.6 Å². The standard InChI is InChI=1S/C15H19BrN4OS/c1-2-19-7-9-20(10-8-19)14-15(18-22-17-14)21-11-12-3-5-13(16)6-4-12/h3-6H,2,7-11H2,1H3. The van der Waals surface area contributed by atoms with E-state index in [1.807, 2.05) is 24.3 Å². The van der Waals surface area contributed by atoms with E-state index in [1.165, 1.54) is 11.7 Å². The first kappa shape index (κ1) is 15.7. The summed E-state index contributed by atoms with van der Waals surface area (Å²) in [5, 5.41) is 0. The molecule has 2 aromatic rings. The normalized spacial score (nSPS) is 16.0. The third kappa shape index (κ3) is 3.77. The zero-order chi connectivity index (χ0) is 15.4. The van der Waals surface area contributed by atoms with Gasteiger partial charge in [0.1, 0.15) is 6.61 Å². The summed E-state index contributed by atoms with van der Waals surface area (Å²) in [6.07, 6.45) is 0. The molecular weight excluding hydrogens is 364 g/mol. The van der Waals surface area contributed by atoms with E-state index in [1.54, 1.807) is 0 Å². The van der Waals surface area contributed by atoms with E-state index >= 15 is 0 Å². The number of anilines is 1. The van der Waals surface area contributed by atoms with Gasteiger partial charge in [-0.25, -0.2) is 0 Å². The molecule has 0 aliphatic carbocycles. The molecule has 0 saturated carbocycles. The Kier molecular flexibility index (Phi) is 5.28. The maximum Gasteiger partial charge on any atom is 0.271 e. The van der Waals surface area contributed by atoms with Crippen molar-refractivity contribution in [3.05, 3.63) is 34.3 Å². The third-order valence-electron chi connectivity index (χ3n) is 3.85. The molecule has 5 nitrogen and oxygen atoms in total. The number of rotatable bonds is 5. The van der Waals surface area contributed by atoms with Crippen molar-refractivity contribution in [2.45, 2.75) is 13.5 Å². The second kappa shape index (κ2) is 7.39. The zero-order valence-corrected chi connectivity index (χ0v) is 14.9. The summed E-state index contributed by atoms with van der Waals surface area (Å²) < 4.78 is 15.7. The summed E-state index contributed by atoms with van der Waals surface area (Å²) in [6, 6.07) is 8.12. The van der Waals surface area contributed by atoms with Gasteiger partial charge in [-0.05, 0) is 24.2 Å². The quantitative estimate of drug-likeness (QED) is 0.794. The molecule has 1 saturated heterocycles. The highest BCUT2D eigenvalue weighted by molar-refractivity contribution is 9.10. The number of hydrogen-bond acceptors (Lipinski definition) is 6. The van der Waals surface area contributed by atoms with Gasteiger partial charge < -0.3 is 14.5 Å². The topological polar surface area (TPSA) is 41.5 Å². The molecule has 1 fully saturated rings. The fourth-order valence-corrected chi connectivity index (χ4v) is 3.25. The minimum Gasteiger partial charge on any atom is -0.470 e. The van der Waals surface area contributed by atoms with E-state index in [-0.39, 0.29) is 0 Å². The summed E-state index contributed by atoms with van der Waals surface area (Å²) in [5.41, 5.74) is 1.12. The van der Waals surface area contributed by atoms with Gasteiger partial charge in [0.2, 0.25) is 5.82 Å². The van der Waals surface area contributed by atoms with E-state index in [4.69, 9.17) is 4.74 Å². The Morgan fingerprint density at radius 1 is 1.14 bits per heavy atom. The molecule has 0 atom stereocenters. The van der Waals surface area contributed by atoms with Crippen LogP contribution in [0.5, 0.6) is 5.88 Å². The number of halogens is 1. The predicted octanol–water partition coefficient (Wildman–Crippen LogP) is 3.02. The van der Waals surface area contributed by atoms with Gasteiger partial charge in [-0.1, -0.05) is 35.0 Å². The Bertz CT molecular complexity index is 596. The van der Waals surface area contributed by atoms with E-state index in [2.05, 4.69) is 41.4 Å². The van der Waals surface area contributed by atoms with Crippen LogP contribution in [0.4, 0.5) is 5.82 Å². The minimum absolute atomic E-state index is 0.515. The molecule has 1 aromatic carbocycles. The molecule has 1 aromatic heterocycles. The molecule has 7 heteroatoms. The average molecular weight is 383 g/mol. The smallest absolute Gasteiger partial charge is 0.271 e. The van der Waals surface area contributed by atoms with Crippen molar-refractivity contribution in [2.24, 2.45) is 0 Å². The minimum atomic E-state index is 0.515. The van der Waals surface area contributed by atoms with Crippen LogP contribution in [0, 0.1) is 0 Å². The highest BCUT2D eigenvalue weighted by Crippen LogP contribution is 2.27. The molecular formula is C15H19BrN4OS. The van der Waals surface area contributed by atoms with Gasteiger partial charge >= 0.3 is 0 Å². The van der Waals surface area contributed by atoms with Crippen LogP contribution in [-0.2, 0) is 6.61 Å². The summed E-state index contributed by atoms with van der Waals surface area (Å²) >= 11 is 4.65. The van der Waals surface area contributed by atoms with Crippen LogP contribution in [0.1, 0.15) is 12.5 Å². The van der Waals surface area contributed by atoms with Gasteiger partial charge in [0.05, 0.1) is 11.7 Å². The second-order valence-electron chi connectivity index (χ2n) is 5.23. The number of piperazine rings is 1. The number of nitrogens with zero attached hydrogens (tertiary/aromatic N) is 4. The maximum atomic E-state index is 5.88. The highest BCUT2D eigenvalue weighted by Gasteiger charge is 2.22. The van der Waals surface area contributed by atoms with Crippen molar-refractivity contribution < 1.29 is 4.74 Å². The van der Waals surface area contributed by atoms with Crippen LogP contribution in [0.3, 0.4) is 0 Å². The molecule has 0 bridgehead atoms. The number of benzene rings is 1. The molecule has 0 unspecified atom stereocenters. The number of ether oxygens (including phenoxy) is 1. The molecule has 3 rings (SSSR count). The SMILES string of the molecule is CCN1CCN(c2nsnc2OCc2ccc(Br)cc2)CC1. The van der Waals surface area contributed by atoms with Crippen molar-refractivity contribution in [1.29, 1.82) is 0 Å². The largest absolute Gasteiger partial charge is 0.470 e. The summed E-state index contributed by atoms with van der Waals surface area (Å²) in [7, 11) is 0. The van der Waals surface area contributed by atoms with Crippen LogP contribution < -0.4 is 9.64 Å². The Hall–Kier alpha value is -1.18. The Labute approximate surface area is 143 Å². The fraction of sp³-hybridized carbons (Fsp3) is 0.467. The summed E-state index contributed by atoms with van der Waals surface area (Å²) in [4.78, 5) is 4.71. The molecule has 1 aliphatic heterocycles. The van der Waals surface area contributed by atoms with Crippen LogP contribution in [-0.4, -0.2) is 46.4 Å². The van der Waals surface area contributed by atoms with Crippen LogP contribution in [0.25, 0.3) is 0 Å². The Morgan fingerprint density at radius 2 is 1.86 bits per heavy atom. The number of aromatic nitrogens is 2. The number of hydrogen-bond donors (Lipinski definition) is 0. The Balaban J connectivity index is 1.61. The zero-order valence-electron chi connectivity index (χ0n) is 12.5. The molecule has 0 radical (unpaired) electrons. The van der Waals surface area contributed by atoms with Gasteiger partial charge in [-0.3, -0.25) is 0 Å². The monoisotopic (exact) mass is 382 g/mol. The lowest BCUT2D eigenvalue weighted by Gasteiger charge is -2.34. The molecule has 1 aliphatic rings. The molecule has 2 heterocycles. The lowest BCUT2D eigenvalue weighted by Crippen LogP contribution is -2.46. The van der Waals surface area contributed by atoms with Crippen LogP contribution in [0.15, 0.2) is 28.7 Å². The highest BCUT2D eigenvalue weighted by atomic mass is 79.9.